The molecule has 7 heteroatoms. The van der Waals surface area contributed by atoms with E-state index in [0.29, 0.717) is 25.2 Å². The van der Waals surface area contributed by atoms with Crippen LogP contribution in [0.3, 0.4) is 0 Å². The van der Waals surface area contributed by atoms with Crippen LogP contribution in [0.4, 0.5) is 4.39 Å². The largest absolute Gasteiger partial charge is 0.332 e. The Hall–Kier alpha value is -1.47. The van der Waals surface area contributed by atoms with Crippen molar-refractivity contribution < 1.29 is 17.6 Å². The van der Waals surface area contributed by atoms with Gasteiger partial charge in [0.25, 0.3) is 0 Å². The minimum Gasteiger partial charge on any atom is -0.332 e. The van der Waals surface area contributed by atoms with Crippen molar-refractivity contribution in [2.24, 2.45) is 5.92 Å². The Morgan fingerprint density at radius 2 is 2.17 bits per heavy atom. The molecule has 1 aliphatic rings. The minimum absolute atomic E-state index is 0.00450. The van der Waals surface area contributed by atoms with Gasteiger partial charge >= 0.3 is 0 Å². The van der Waals surface area contributed by atoms with E-state index in [-0.39, 0.29) is 23.5 Å². The van der Waals surface area contributed by atoms with Crippen molar-refractivity contribution in [3.8, 4) is 0 Å². The number of hydrogen-bond donors (Lipinski definition) is 1. The molecule has 1 unspecified atom stereocenters. The summed E-state index contributed by atoms with van der Waals surface area (Å²) in [6, 6.07) is 5.74. The molecule has 1 fully saturated rings. The van der Waals surface area contributed by atoms with Crippen LogP contribution >= 0.6 is 0 Å². The molecule has 1 saturated heterocycles. The van der Waals surface area contributed by atoms with Crippen LogP contribution in [0.1, 0.15) is 25.5 Å². The lowest BCUT2D eigenvalue weighted by Crippen LogP contribution is -2.50. The van der Waals surface area contributed by atoms with Crippen molar-refractivity contribution in [3.63, 3.8) is 0 Å². The maximum atomic E-state index is 13.4. The third-order valence-electron chi connectivity index (χ3n) is 3.73. The number of piperazine rings is 1. The van der Waals surface area contributed by atoms with Crippen molar-refractivity contribution >= 4 is 15.7 Å². The van der Waals surface area contributed by atoms with E-state index in [9.17, 15) is 17.6 Å². The third-order valence-corrected chi connectivity index (χ3v) is 5.59. The fraction of sp³-hybridized carbons (Fsp3) is 0.562. The van der Waals surface area contributed by atoms with Crippen LogP contribution in [0.5, 0.6) is 0 Å². The lowest BCUT2D eigenvalue weighted by atomic mass is 10.0. The summed E-state index contributed by atoms with van der Waals surface area (Å²) in [5, 5.41) is 3.17. The van der Waals surface area contributed by atoms with Gasteiger partial charge in [0.05, 0.1) is 11.8 Å². The van der Waals surface area contributed by atoms with Gasteiger partial charge in [-0.3, -0.25) is 4.79 Å². The van der Waals surface area contributed by atoms with Gasteiger partial charge in [-0.15, -0.1) is 0 Å². The number of carbonyl (C=O) groups excluding carboxylic acids is 1. The van der Waals surface area contributed by atoms with Gasteiger partial charge < -0.3 is 10.2 Å². The average molecular weight is 342 g/mol. The number of nitrogens with zero attached hydrogens (tertiary/aromatic N) is 1. The molecular weight excluding hydrogens is 319 g/mol. The second kappa shape index (κ2) is 7.40. The predicted octanol–water partition coefficient (Wildman–Crippen LogP) is 1.37. The van der Waals surface area contributed by atoms with E-state index < -0.39 is 21.5 Å². The molecule has 1 heterocycles. The highest BCUT2D eigenvalue weighted by molar-refractivity contribution is 7.92. The highest BCUT2D eigenvalue weighted by Crippen LogP contribution is 2.23. The van der Waals surface area contributed by atoms with Gasteiger partial charge in [-0.05, 0) is 23.6 Å². The van der Waals surface area contributed by atoms with Gasteiger partial charge in [0.1, 0.15) is 11.6 Å². The van der Waals surface area contributed by atoms with Gasteiger partial charge in [0.15, 0.2) is 9.84 Å². The fourth-order valence-electron chi connectivity index (χ4n) is 2.85. The molecule has 23 heavy (non-hydrogen) atoms. The molecule has 1 aromatic rings. The van der Waals surface area contributed by atoms with Crippen molar-refractivity contribution in [1.29, 1.82) is 0 Å². The maximum Gasteiger partial charge on any atom is 0.238 e. The zero-order chi connectivity index (χ0) is 17.0. The first-order chi connectivity index (χ1) is 10.8. The number of nitrogens with one attached hydrogen (secondary N) is 1. The average Bonchev–Trinajstić information content (AvgIpc) is 2.45. The molecule has 1 aliphatic heterocycles. The van der Waals surface area contributed by atoms with Crippen LogP contribution in [0.2, 0.25) is 0 Å². The van der Waals surface area contributed by atoms with E-state index >= 15 is 0 Å². The van der Waals surface area contributed by atoms with Crippen LogP contribution in [0.15, 0.2) is 24.3 Å². The number of carbonyl (C=O) groups is 1. The van der Waals surface area contributed by atoms with E-state index in [0.717, 1.165) is 0 Å². The number of hydrogen-bond acceptors (Lipinski definition) is 4. The van der Waals surface area contributed by atoms with E-state index in [1.54, 1.807) is 17.0 Å². The van der Waals surface area contributed by atoms with Crippen LogP contribution in [0.25, 0.3) is 0 Å². The Kier molecular flexibility index (Phi) is 5.75. The number of sulfone groups is 1. The molecule has 128 valence electrons. The summed E-state index contributed by atoms with van der Waals surface area (Å²) in [6.45, 7) is 5.11. The highest BCUT2D eigenvalue weighted by Gasteiger charge is 2.30. The second-order valence-corrected chi connectivity index (χ2v) is 8.42. The topological polar surface area (TPSA) is 66.5 Å². The van der Waals surface area contributed by atoms with Crippen molar-refractivity contribution in [3.05, 3.63) is 35.6 Å². The molecule has 0 aromatic heterocycles. The molecule has 5 nitrogen and oxygen atoms in total. The Bertz CT molecular complexity index is 661. The standard InChI is InChI=1S/C16H23FN2O3S/c1-12(2)10-23(21,22)11-16(20)19-7-6-18-9-15(19)13-4-3-5-14(17)8-13/h3-5,8,12,15,18H,6-7,9-11H2,1-2H3. The molecular formula is C16H23FN2O3S. The zero-order valence-corrected chi connectivity index (χ0v) is 14.3. The molecule has 0 radical (unpaired) electrons. The van der Waals surface area contributed by atoms with E-state index in [1.165, 1.54) is 12.1 Å². The molecule has 1 aromatic carbocycles. The molecule has 0 spiro atoms. The first-order valence-corrected chi connectivity index (χ1v) is 9.57. The molecule has 2 rings (SSSR count). The normalized spacial score (nSPS) is 19.1. The monoisotopic (exact) mass is 342 g/mol. The molecule has 0 bridgehead atoms. The highest BCUT2D eigenvalue weighted by atomic mass is 32.2. The SMILES string of the molecule is CC(C)CS(=O)(=O)CC(=O)N1CCNCC1c1cccc(F)c1. The summed E-state index contributed by atoms with van der Waals surface area (Å²) >= 11 is 0. The minimum atomic E-state index is -3.43. The van der Waals surface area contributed by atoms with Crippen LogP contribution in [0, 0.1) is 11.7 Å². The molecule has 0 saturated carbocycles. The molecule has 0 aliphatic carbocycles. The van der Waals surface area contributed by atoms with Gasteiger partial charge in [0.2, 0.25) is 5.91 Å². The van der Waals surface area contributed by atoms with E-state index in [4.69, 9.17) is 0 Å². The van der Waals surface area contributed by atoms with Crippen LogP contribution in [-0.4, -0.2) is 50.4 Å². The second-order valence-electron chi connectivity index (χ2n) is 6.31. The predicted molar refractivity (Wildman–Crippen MR) is 87.2 cm³/mol. The third kappa shape index (κ3) is 5.00. The quantitative estimate of drug-likeness (QED) is 0.878. The molecule has 1 N–H and O–H groups in total. The number of rotatable bonds is 5. The lowest BCUT2D eigenvalue weighted by Gasteiger charge is -2.36. The summed E-state index contributed by atoms with van der Waals surface area (Å²) in [5.74, 6) is -1.30. The summed E-state index contributed by atoms with van der Waals surface area (Å²) < 4.78 is 37.6. The fourth-order valence-corrected chi connectivity index (χ4v) is 4.53. The summed E-state index contributed by atoms with van der Waals surface area (Å²) in [4.78, 5) is 14.0. The van der Waals surface area contributed by atoms with Crippen molar-refractivity contribution in [2.75, 3.05) is 31.1 Å². The first-order valence-electron chi connectivity index (χ1n) is 7.74. The Morgan fingerprint density at radius 1 is 1.43 bits per heavy atom. The Morgan fingerprint density at radius 3 is 2.83 bits per heavy atom. The van der Waals surface area contributed by atoms with Gasteiger partial charge in [-0.2, -0.15) is 0 Å². The molecule has 1 atom stereocenters. The lowest BCUT2D eigenvalue weighted by molar-refractivity contribution is -0.131. The van der Waals surface area contributed by atoms with E-state index in [1.807, 2.05) is 13.8 Å². The maximum absolute atomic E-state index is 13.4. The Labute approximate surface area is 136 Å². The smallest absolute Gasteiger partial charge is 0.238 e. The first kappa shape index (κ1) is 17.9. The zero-order valence-electron chi connectivity index (χ0n) is 13.5. The number of amides is 1. The number of benzene rings is 1. The van der Waals surface area contributed by atoms with E-state index in [2.05, 4.69) is 5.32 Å². The summed E-state index contributed by atoms with van der Waals surface area (Å²) in [6.07, 6.45) is 0. The Balaban J connectivity index is 2.16. The van der Waals surface area contributed by atoms with Gasteiger partial charge in [-0.1, -0.05) is 26.0 Å². The van der Waals surface area contributed by atoms with Gasteiger partial charge in [0, 0.05) is 19.6 Å². The van der Waals surface area contributed by atoms with Crippen LogP contribution in [-0.2, 0) is 14.6 Å². The summed E-state index contributed by atoms with van der Waals surface area (Å²) in [5.41, 5.74) is 0.673. The van der Waals surface area contributed by atoms with Crippen LogP contribution < -0.4 is 5.32 Å². The van der Waals surface area contributed by atoms with Crippen molar-refractivity contribution in [1.82, 2.24) is 10.2 Å². The van der Waals surface area contributed by atoms with Crippen molar-refractivity contribution in [2.45, 2.75) is 19.9 Å². The number of halogens is 1. The molecule has 1 amide bonds. The van der Waals surface area contributed by atoms with Gasteiger partial charge in [-0.25, -0.2) is 12.8 Å². The summed E-state index contributed by atoms with van der Waals surface area (Å²) in [7, 11) is -3.43.